The molecular formula is C53H83NO14. The monoisotopic (exact) mass is 958 g/mol. The van der Waals surface area contributed by atoms with Gasteiger partial charge in [-0.05, 0) is 107 Å². The first kappa shape index (κ1) is 57.2. The molecular weight excluding hydrogens is 875 g/mol. The van der Waals surface area contributed by atoms with Crippen molar-refractivity contribution in [1.29, 1.82) is 0 Å². The Morgan fingerprint density at radius 1 is 0.853 bits per heavy atom. The summed E-state index contributed by atoms with van der Waals surface area (Å²) in [4.78, 5) is 72.1. The molecule has 1 aliphatic carbocycles. The summed E-state index contributed by atoms with van der Waals surface area (Å²) in [5.74, 6) is -7.96. The highest BCUT2D eigenvalue weighted by Gasteiger charge is 2.53. The first-order valence-corrected chi connectivity index (χ1v) is 25.0. The highest BCUT2D eigenvalue weighted by Crippen LogP contribution is 2.38. The number of carbonyl (C=O) groups excluding carboxylic acids is 5. The van der Waals surface area contributed by atoms with Gasteiger partial charge in [-0.2, -0.15) is 0 Å². The molecule has 15 atom stereocenters. The normalized spacial score (nSPS) is 39.2. The number of rotatable bonds is 9. The van der Waals surface area contributed by atoms with Crippen molar-refractivity contribution in [2.24, 2.45) is 35.5 Å². The van der Waals surface area contributed by atoms with Gasteiger partial charge < -0.3 is 48.6 Å². The first-order chi connectivity index (χ1) is 32.3. The molecule has 2 saturated heterocycles. The fourth-order valence-corrected chi connectivity index (χ4v) is 10.5. The lowest BCUT2D eigenvalue weighted by atomic mass is 9.78. The van der Waals surface area contributed by atoms with E-state index in [0.29, 0.717) is 63.4 Å². The number of ether oxygens (including phenoxy) is 6. The first-order valence-electron chi connectivity index (χ1n) is 25.0. The second-order valence-corrected chi connectivity index (χ2v) is 20.2. The van der Waals surface area contributed by atoms with Crippen molar-refractivity contribution in [3.8, 4) is 0 Å². The molecule has 2 bridgehead atoms. The van der Waals surface area contributed by atoms with E-state index in [1.807, 2.05) is 58.1 Å². The molecule has 3 fully saturated rings. The summed E-state index contributed by atoms with van der Waals surface area (Å²) in [5.41, 5.74) is 1.26. The van der Waals surface area contributed by atoms with Crippen LogP contribution in [-0.2, 0) is 52.4 Å². The molecule has 7 unspecified atom stereocenters. The molecule has 4 rings (SSSR count). The summed E-state index contributed by atoms with van der Waals surface area (Å²) in [7, 11) is 4.58. The number of nitrogens with zero attached hydrogens (tertiary/aromatic N) is 1. The SMILES string of the molecule is COC1CC2CC[C@@H](C)[C@@](O)(O2)C(=O)C(=O)N2CCCC[C@H]2C(=O)OC(C(C)C[C@@H]2CC[C@H](OCCO)[C@H](OC)C2)CC(=O)C(C)/C=C(\C)[C@@H](O)C(OC)C(=O)[C@H](C)CC(C)/C=C/C=C/C=C/1C. The molecule has 3 aliphatic heterocycles. The number of ketones is 3. The molecule has 0 radical (unpaired) electrons. The van der Waals surface area contributed by atoms with Crippen LogP contribution < -0.4 is 0 Å². The molecule has 3 N–H and O–H groups in total. The van der Waals surface area contributed by atoms with Gasteiger partial charge in [0.2, 0.25) is 5.79 Å². The number of carbonyl (C=O) groups is 5. The van der Waals surface area contributed by atoms with Gasteiger partial charge in [0.15, 0.2) is 5.78 Å². The van der Waals surface area contributed by atoms with Gasteiger partial charge in [-0.25, -0.2) is 4.79 Å². The predicted octanol–water partition coefficient (Wildman–Crippen LogP) is 6.20. The number of piperidine rings is 1. The van der Waals surface area contributed by atoms with Crippen LogP contribution in [0.15, 0.2) is 47.6 Å². The summed E-state index contributed by atoms with van der Waals surface area (Å²) in [5, 5.41) is 32.8. The number of hydrogen-bond donors (Lipinski definition) is 3. The van der Waals surface area contributed by atoms with Crippen LogP contribution in [0, 0.1) is 35.5 Å². The number of Topliss-reactive ketones (excluding diaryl/α,β-unsaturated/α-hetero) is 3. The van der Waals surface area contributed by atoms with E-state index in [-0.39, 0.29) is 74.1 Å². The topological polar surface area (TPSA) is 205 Å². The molecule has 0 aromatic rings. The number of aliphatic hydroxyl groups excluding tert-OH is 2. The van der Waals surface area contributed by atoms with Crippen molar-refractivity contribution >= 4 is 29.2 Å². The summed E-state index contributed by atoms with van der Waals surface area (Å²) in [6.45, 7) is 12.9. The maximum atomic E-state index is 14.5. The van der Waals surface area contributed by atoms with Crippen LogP contribution in [0.2, 0.25) is 0 Å². The molecule has 15 heteroatoms. The van der Waals surface area contributed by atoms with Gasteiger partial charge >= 0.3 is 5.97 Å². The summed E-state index contributed by atoms with van der Waals surface area (Å²) in [6, 6.07) is -1.14. The standard InChI is InChI=1S/C53H83NO14/c1-32-16-12-11-13-17-33(2)44(63-8)30-40-21-19-38(7)53(62,68-40)50(59)51(60)54-23-15-14-18-41(54)52(61)67-45(35(4)28-39-20-22-43(66-25-24-55)46(29-39)64-9)31-42(56)34(3)27-37(6)48(58)49(65-10)47(57)36(5)26-32/h11-13,16-17,27,32,34-36,38-41,43-46,48-49,55,58,62H,14-15,18-26,28-31H2,1-10H3/b13-11+,16-12+,33-17+,37-27+/t32?,34?,35?,36-,38-,39+,40?,41+,43+,44?,45?,46-,48-,49?,53-/m1/s1. The van der Waals surface area contributed by atoms with E-state index in [1.165, 1.54) is 12.0 Å². The molecule has 4 aliphatic rings. The van der Waals surface area contributed by atoms with E-state index in [4.69, 9.17) is 28.4 Å². The zero-order chi connectivity index (χ0) is 50.3. The van der Waals surface area contributed by atoms with Crippen LogP contribution in [0.5, 0.6) is 0 Å². The van der Waals surface area contributed by atoms with Crippen molar-refractivity contribution in [3.63, 3.8) is 0 Å². The third kappa shape index (κ3) is 15.3. The number of methoxy groups -OCH3 is 3. The maximum absolute atomic E-state index is 14.5. The van der Waals surface area contributed by atoms with Crippen molar-refractivity contribution in [2.45, 2.75) is 180 Å². The molecule has 1 amide bonds. The number of amides is 1. The maximum Gasteiger partial charge on any atom is 0.329 e. The molecule has 3 heterocycles. The minimum atomic E-state index is -2.43. The third-order valence-electron chi connectivity index (χ3n) is 14.9. The van der Waals surface area contributed by atoms with Gasteiger partial charge in [0.05, 0.1) is 37.6 Å². The van der Waals surface area contributed by atoms with E-state index in [2.05, 4.69) is 0 Å². The van der Waals surface area contributed by atoms with Crippen molar-refractivity contribution in [3.05, 3.63) is 47.6 Å². The number of esters is 1. The quantitative estimate of drug-likeness (QED) is 0.134. The third-order valence-corrected chi connectivity index (χ3v) is 14.9. The Balaban J connectivity index is 1.70. The van der Waals surface area contributed by atoms with E-state index in [1.54, 1.807) is 41.1 Å². The van der Waals surface area contributed by atoms with E-state index < -0.39 is 77.8 Å². The highest BCUT2D eigenvalue weighted by atomic mass is 16.6. The van der Waals surface area contributed by atoms with Crippen LogP contribution in [-0.4, -0.2) is 145 Å². The van der Waals surface area contributed by atoms with Crippen LogP contribution in [0.1, 0.15) is 126 Å². The Hall–Kier alpha value is -3.41. The van der Waals surface area contributed by atoms with Crippen LogP contribution >= 0.6 is 0 Å². The van der Waals surface area contributed by atoms with Crippen molar-refractivity contribution in [2.75, 3.05) is 41.1 Å². The van der Waals surface area contributed by atoms with Gasteiger partial charge in [0.25, 0.3) is 11.7 Å². The van der Waals surface area contributed by atoms with Crippen molar-refractivity contribution < 1.29 is 67.7 Å². The van der Waals surface area contributed by atoms with Gasteiger partial charge in [0, 0.05) is 58.5 Å². The number of aliphatic hydroxyl groups is 3. The summed E-state index contributed by atoms with van der Waals surface area (Å²) in [6.07, 6.45) is 12.0. The minimum Gasteiger partial charge on any atom is -0.460 e. The van der Waals surface area contributed by atoms with Crippen molar-refractivity contribution in [1.82, 2.24) is 4.90 Å². The average Bonchev–Trinajstić information content (AvgIpc) is 3.32. The number of hydrogen-bond acceptors (Lipinski definition) is 14. The minimum absolute atomic E-state index is 0.0158. The summed E-state index contributed by atoms with van der Waals surface area (Å²) < 4.78 is 35.6. The Morgan fingerprint density at radius 2 is 1.59 bits per heavy atom. The fourth-order valence-electron chi connectivity index (χ4n) is 10.5. The molecule has 384 valence electrons. The van der Waals surface area contributed by atoms with E-state index >= 15 is 0 Å². The Kier molecular flexibility index (Phi) is 22.9. The van der Waals surface area contributed by atoms with Crippen LogP contribution in [0.25, 0.3) is 0 Å². The number of fused-ring (bicyclic) bond motifs is 3. The average molecular weight is 958 g/mol. The van der Waals surface area contributed by atoms with E-state index in [9.17, 15) is 39.3 Å². The number of allylic oxidation sites excluding steroid dienone is 6. The second-order valence-electron chi connectivity index (χ2n) is 20.2. The highest BCUT2D eigenvalue weighted by molar-refractivity contribution is 6.39. The largest absolute Gasteiger partial charge is 0.460 e. The number of cyclic esters (lactones) is 1. The smallest absolute Gasteiger partial charge is 0.329 e. The summed E-state index contributed by atoms with van der Waals surface area (Å²) >= 11 is 0. The lowest BCUT2D eigenvalue weighted by Crippen LogP contribution is -2.61. The van der Waals surface area contributed by atoms with E-state index in [0.717, 1.165) is 12.0 Å². The molecule has 68 heavy (non-hydrogen) atoms. The van der Waals surface area contributed by atoms with Crippen LogP contribution in [0.3, 0.4) is 0 Å². The predicted molar refractivity (Wildman–Crippen MR) is 256 cm³/mol. The second kappa shape index (κ2) is 27.3. The molecule has 1 saturated carbocycles. The van der Waals surface area contributed by atoms with Gasteiger partial charge in [-0.15, -0.1) is 0 Å². The van der Waals surface area contributed by atoms with Gasteiger partial charge in [-0.3, -0.25) is 19.2 Å². The Labute approximate surface area is 405 Å². The lowest BCUT2D eigenvalue weighted by molar-refractivity contribution is -0.265. The fraction of sp³-hybridized carbons (Fsp3) is 0.755. The van der Waals surface area contributed by atoms with Gasteiger partial charge in [0.1, 0.15) is 30.1 Å². The Bertz CT molecular complexity index is 1810. The van der Waals surface area contributed by atoms with Gasteiger partial charge in [-0.1, -0.05) is 71.1 Å². The lowest BCUT2D eigenvalue weighted by Gasteiger charge is -2.42. The Morgan fingerprint density at radius 3 is 2.26 bits per heavy atom. The molecule has 0 aromatic carbocycles. The molecule has 0 spiro atoms. The zero-order valence-corrected chi connectivity index (χ0v) is 42.4. The molecule has 15 nitrogen and oxygen atoms in total. The van der Waals surface area contributed by atoms with Crippen LogP contribution in [0.4, 0.5) is 0 Å². The zero-order valence-electron chi connectivity index (χ0n) is 42.4. The molecule has 0 aromatic heterocycles.